The predicted molar refractivity (Wildman–Crippen MR) is 208 cm³/mol. The zero-order valence-electron chi connectivity index (χ0n) is 29.4. The van der Waals surface area contributed by atoms with Crippen LogP contribution in [0.1, 0.15) is 58.2 Å². The Kier molecular flexibility index (Phi) is 12.4. The third kappa shape index (κ3) is 8.97. The molecule has 0 spiro atoms. The van der Waals surface area contributed by atoms with Crippen LogP contribution in [0.15, 0.2) is 126 Å². The lowest BCUT2D eigenvalue weighted by molar-refractivity contribution is 0.671. The van der Waals surface area contributed by atoms with E-state index in [1.54, 1.807) is 0 Å². The first-order valence-corrected chi connectivity index (χ1v) is 16.7. The van der Waals surface area contributed by atoms with Gasteiger partial charge in [0, 0.05) is 29.6 Å². The molecule has 1 heterocycles. The second kappa shape index (κ2) is 16.4. The molecule has 0 aromatic heterocycles. The van der Waals surface area contributed by atoms with Crippen LogP contribution in [0.2, 0.25) is 5.82 Å². The summed E-state index contributed by atoms with van der Waals surface area (Å²) in [6.45, 7) is 20.9. The number of nitrogens with one attached hydrogen (secondary N) is 1. The molecule has 2 unspecified atom stereocenters. The molecule has 4 heteroatoms. The number of rotatable bonds is 8. The molecule has 0 saturated heterocycles. The third-order valence-electron chi connectivity index (χ3n) is 8.86. The topological polar surface area (TPSA) is 15.3 Å². The molecule has 4 aromatic carbocycles. The Balaban J connectivity index is 0.000000217. The normalized spacial score (nSPS) is 16.0. The van der Waals surface area contributed by atoms with E-state index in [9.17, 15) is 0 Å². The van der Waals surface area contributed by atoms with E-state index in [-0.39, 0.29) is 0 Å². The van der Waals surface area contributed by atoms with Gasteiger partial charge in [0.25, 0.3) is 0 Å². The smallest absolute Gasteiger partial charge is 0.216 e. The van der Waals surface area contributed by atoms with Crippen molar-refractivity contribution in [3.8, 4) is 0 Å². The molecule has 1 N–H and O–H groups in total. The van der Waals surface area contributed by atoms with Gasteiger partial charge in [-0.1, -0.05) is 132 Å². The summed E-state index contributed by atoms with van der Waals surface area (Å²) < 4.78 is 0. The van der Waals surface area contributed by atoms with Gasteiger partial charge in [0.15, 0.2) is 7.28 Å². The summed E-state index contributed by atoms with van der Waals surface area (Å²) in [4.78, 5) is 2.53. The minimum Gasteiger partial charge on any atom is -0.382 e. The van der Waals surface area contributed by atoms with Crippen molar-refractivity contribution in [2.75, 3.05) is 16.8 Å². The molecule has 0 amide bonds. The predicted octanol–water partition coefficient (Wildman–Crippen LogP) is 9.03. The molecule has 235 valence electrons. The summed E-state index contributed by atoms with van der Waals surface area (Å²) in [5.41, 5.74) is 14.4. The van der Waals surface area contributed by atoms with Gasteiger partial charge in [-0.15, -0.1) is 5.47 Å². The molecule has 0 aliphatic carbocycles. The first-order chi connectivity index (χ1) is 22.1. The van der Waals surface area contributed by atoms with Crippen molar-refractivity contribution in [2.24, 2.45) is 0 Å². The van der Waals surface area contributed by atoms with E-state index in [2.05, 4.69) is 188 Å². The van der Waals surface area contributed by atoms with Crippen LogP contribution in [0.25, 0.3) is 0 Å². The maximum atomic E-state index is 3.46. The molecule has 2 atom stereocenters. The van der Waals surface area contributed by atoms with Gasteiger partial charge in [0.2, 0.25) is 6.71 Å². The quantitative estimate of drug-likeness (QED) is 0.123. The molecule has 0 saturated carbocycles. The van der Waals surface area contributed by atoms with Crippen LogP contribution < -0.4 is 26.6 Å². The Morgan fingerprint density at radius 3 is 2.13 bits per heavy atom. The largest absolute Gasteiger partial charge is 0.382 e. The van der Waals surface area contributed by atoms with E-state index in [0.717, 1.165) is 6.54 Å². The number of nitrogens with zero attached hydrogens (tertiary/aromatic N) is 1. The number of hydrogen-bond donors (Lipinski definition) is 1. The van der Waals surface area contributed by atoms with E-state index >= 15 is 0 Å². The van der Waals surface area contributed by atoms with Gasteiger partial charge in [-0.05, 0) is 89.7 Å². The van der Waals surface area contributed by atoms with Crippen LogP contribution in [0, 0.1) is 20.8 Å². The van der Waals surface area contributed by atoms with Crippen molar-refractivity contribution < 1.29 is 0 Å². The molecule has 1 radical (unpaired) electrons. The summed E-state index contributed by atoms with van der Waals surface area (Å²) in [5.74, 6) is 0.521. The second-order valence-corrected chi connectivity index (χ2v) is 13.1. The van der Waals surface area contributed by atoms with E-state index in [0.29, 0.717) is 18.6 Å². The molecule has 4 aromatic rings. The molecule has 1 aliphatic rings. The number of allylic oxidation sites excluding steroid dienone is 5. The van der Waals surface area contributed by atoms with Gasteiger partial charge in [0.1, 0.15) is 0 Å². The Morgan fingerprint density at radius 1 is 0.804 bits per heavy atom. The minimum absolute atomic E-state index is 0.429. The third-order valence-corrected chi connectivity index (χ3v) is 8.86. The highest BCUT2D eigenvalue weighted by Crippen LogP contribution is 2.37. The lowest BCUT2D eigenvalue weighted by Crippen LogP contribution is -2.57. The SMILES string of the molecule is C/C=C\CNc1cc(C)ccc1[B]/C(C)=C/C=C(C)C.Cc1ccc(B2c3ccc(C)cc3N(c3ccccc3)C(C)C2C)cc1. The zero-order valence-corrected chi connectivity index (χ0v) is 29.4. The number of aryl methyl sites for hydroxylation is 3. The van der Waals surface area contributed by atoms with E-state index in [4.69, 9.17) is 0 Å². The Labute approximate surface area is 280 Å². The fraction of sp³-hybridized carbons (Fsp3) is 0.286. The van der Waals surface area contributed by atoms with Gasteiger partial charge < -0.3 is 10.2 Å². The van der Waals surface area contributed by atoms with E-state index in [1.165, 1.54) is 61.2 Å². The number of benzene rings is 4. The van der Waals surface area contributed by atoms with Crippen molar-refractivity contribution in [3.05, 3.63) is 143 Å². The van der Waals surface area contributed by atoms with Crippen LogP contribution in [-0.2, 0) is 0 Å². The lowest BCUT2D eigenvalue weighted by atomic mass is 9.31. The number of para-hydroxylation sites is 1. The summed E-state index contributed by atoms with van der Waals surface area (Å²) in [5, 5.41) is 3.46. The highest BCUT2D eigenvalue weighted by molar-refractivity contribution is 6.88. The molecule has 5 rings (SSSR count). The van der Waals surface area contributed by atoms with Gasteiger partial charge in [-0.2, -0.15) is 0 Å². The summed E-state index contributed by atoms with van der Waals surface area (Å²) in [6, 6.07) is 33.8. The van der Waals surface area contributed by atoms with Gasteiger partial charge in [-0.3, -0.25) is 0 Å². The Morgan fingerprint density at radius 2 is 1.46 bits per heavy atom. The summed E-state index contributed by atoms with van der Waals surface area (Å²) in [6.07, 6.45) is 8.49. The van der Waals surface area contributed by atoms with Crippen LogP contribution in [-0.4, -0.2) is 26.6 Å². The first-order valence-electron chi connectivity index (χ1n) is 16.7. The maximum absolute atomic E-state index is 3.46. The zero-order chi connectivity index (χ0) is 33.2. The molecule has 46 heavy (non-hydrogen) atoms. The number of anilines is 3. The van der Waals surface area contributed by atoms with Crippen LogP contribution in [0.4, 0.5) is 17.1 Å². The fourth-order valence-electron chi connectivity index (χ4n) is 6.19. The van der Waals surface area contributed by atoms with Crippen LogP contribution in [0.3, 0.4) is 0 Å². The summed E-state index contributed by atoms with van der Waals surface area (Å²) >= 11 is 0. The molecule has 0 bridgehead atoms. The maximum Gasteiger partial charge on any atom is 0.216 e. The highest BCUT2D eigenvalue weighted by Gasteiger charge is 2.40. The molecule has 0 fully saturated rings. The van der Waals surface area contributed by atoms with Crippen LogP contribution in [0.5, 0.6) is 0 Å². The lowest BCUT2D eigenvalue weighted by Gasteiger charge is -2.44. The number of hydrogen-bond acceptors (Lipinski definition) is 2. The second-order valence-electron chi connectivity index (χ2n) is 13.1. The Hall–Kier alpha value is -4.17. The minimum atomic E-state index is 0.429. The molecule has 1 aliphatic heterocycles. The average Bonchev–Trinajstić information content (AvgIpc) is 3.04. The number of fused-ring (bicyclic) bond motifs is 1. The van der Waals surface area contributed by atoms with Crippen molar-refractivity contribution in [1.82, 2.24) is 0 Å². The van der Waals surface area contributed by atoms with Crippen molar-refractivity contribution in [2.45, 2.75) is 74.2 Å². The monoisotopic (exact) mass is 605 g/mol. The fourth-order valence-corrected chi connectivity index (χ4v) is 6.19. The summed E-state index contributed by atoms with van der Waals surface area (Å²) in [7, 11) is 2.22. The van der Waals surface area contributed by atoms with Crippen molar-refractivity contribution in [3.63, 3.8) is 0 Å². The van der Waals surface area contributed by atoms with Crippen molar-refractivity contribution >= 4 is 47.4 Å². The Bertz CT molecular complexity index is 1660. The van der Waals surface area contributed by atoms with E-state index in [1.807, 2.05) is 6.92 Å². The van der Waals surface area contributed by atoms with Crippen molar-refractivity contribution in [1.29, 1.82) is 0 Å². The van der Waals surface area contributed by atoms with Gasteiger partial charge in [-0.25, -0.2) is 0 Å². The molecular weight excluding hydrogens is 554 g/mol. The molecule has 2 nitrogen and oxygen atoms in total. The molecular formula is C42H51B2N2. The van der Waals surface area contributed by atoms with Crippen LogP contribution >= 0.6 is 0 Å². The highest BCUT2D eigenvalue weighted by atomic mass is 15.2. The van der Waals surface area contributed by atoms with Gasteiger partial charge in [0.05, 0.1) is 0 Å². The first kappa shape index (κ1) is 34.7. The standard InChI is InChI=1S/C24H26BN.C18H25BN/c1-17-10-13-21(14-11-17)25-19(3)20(4)26(22-8-6-5-7-9-22)24-16-18(2)12-15-23(24)25;1-6-7-12-20-18-13-15(4)9-11-17(18)19-16(5)10-8-14(2)3/h5-16,19-20H,1-4H3;6-11,13,20H,12H2,1-5H3/b;7-6-,16-10+. The van der Waals surface area contributed by atoms with Gasteiger partial charge >= 0.3 is 0 Å². The average molecular weight is 606 g/mol. The van der Waals surface area contributed by atoms with E-state index < -0.39 is 0 Å².